The van der Waals surface area contributed by atoms with Gasteiger partial charge in [-0.05, 0) is 37.6 Å². The van der Waals surface area contributed by atoms with E-state index < -0.39 is 0 Å². The van der Waals surface area contributed by atoms with E-state index in [9.17, 15) is 9.59 Å². The molecule has 1 atom stereocenters. The number of thioether (sulfide) groups is 1. The number of fused-ring (bicyclic) bond motifs is 1. The zero-order chi connectivity index (χ0) is 20.4. The Hall–Kier alpha value is -2.86. The number of rotatable bonds is 4. The van der Waals surface area contributed by atoms with Crippen LogP contribution in [0.15, 0.2) is 70.6 Å². The van der Waals surface area contributed by atoms with E-state index in [1.54, 1.807) is 9.47 Å². The van der Waals surface area contributed by atoms with Crippen molar-refractivity contribution in [2.75, 3.05) is 10.7 Å². The second kappa shape index (κ2) is 8.25. The van der Waals surface area contributed by atoms with Gasteiger partial charge in [0.05, 0.1) is 5.92 Å². The summed E-state index contributed by atoms with van der Waals surface area (Å²) in [5.41, 5.74) is 3.14. The lowest BCUT2D eigenvalue weighted by molar-refractivity contribution is -0.121. The molecule has 3 aromatic rings. The molecule has 0 N–H and O–H groups in total. The van der Waals surface area contributed by atoms with Crippen LogP contribution < -0.4 is 10.5 Å². The largest absolute Gasteiger partial charge is 0.287 e. The summed E-state index contributed by atoms with van der Waals surface area (Å²) in [4.78, 5) is 32.9. The third kappa shape index (κ3) is 3.72. The monoisotopic (exact) mass is 405 g/mol. The lowest BCUT2D eigenvalue weighted by atomic mass is 10.1. The predicted octanol–water partition coefficient (Wildman–Crippen LogP) is 4.20. The molecule has 0 radical (unpaired) electrons. The molecule has 1 aliphatic rings. The molecule has 2 heterocycles. The molecule has 0 fully saturated rings. The molecule has 4 rings (SSSR count). The first-order valence-electron chi connectivity index (χ1n) is 9.77. The van der Waals surface area contributed by atoms with E-state index in [0.717, 1.165) is 22.6 Å². The summed E-state index contributed by atoms with van der Waals surface area (Å²) >= 11 is 1.48. The van der Waals surface area contributed by atoms with Crippen molar-refractivity contribution in [1.29, 1.82) is 0 Å². The van der Waals surface area contributed by atoms with Gasteiger partial charge in [-0.25, -0.2) is 4.98 Å². The van der Waals surface area contributed by atoms with E-state index in [1.165, 1.54) is 11.8 Å². The van der Waals surface area contributed by atoms with Crippen molar-refractivity contribution in [3.8, 4) is 0 Å². The second-order valence-electron chi connectivity index (χ2n) is 7.08. The minimum Gasteiger partial charge on any atom is -0.287 e. The number of amides is 1. The number of carbonyl (C=O) groups is 1. The molecule has 1 amide bonds. The van der Waals surface area contributed by atoms with E-state index in [1.807, 2.05) is 74.5 Å². The molecule has 1 unspecified atom stereocenters. The SMILES string of the molecule is CCc1c(C)nc2n(c1=O)CC(C(=O)N(c1ccccc1)c1ccccc1)CS2. The Labute approximate surface area is 174 Å². The molecule has 148 valence electrons. The molecule has 0 saturated heterocycles. The first-order chi connectivity index (χ1) is 14.1. The van der Waals surface area contributed by atoms with Crippen molar-refractivity contribution >= 4 is 29.0 Å². The third-order valence-electron chi connectivity index (χ3n) is 5.20. The summed E-state index contributed by atoms with van der Waals surface area (Å²) < 4.78 is 1.68. The van der Waals surface area contributed by atoms with Crippen LogP contribution >= 0.6 is 11.8 Å². The van der Waals surface area contributed by atoms with Gasteiger partial charge in [-0.1, -0.05) is 55.1 Å². The molecule has 1 aromatic heterocycles. The average molecular weight is 406 g/mol. The molecular weight excluding hydrogens is 382 g/mol. The summed E-state index contributed by atoms with van der Waals surface area (Å²) in [6.07, 6.45) is 0.640. The van der Waals surface area contributed by atoms with Crippen LogP contribution in [0.3, 0.4) is 0 Å². The van der Waals surface area contributed by atoms with Gasteiger partial charge >= 0.3 is 0 Å². The lowest BCUT2D eigenvalue weighted by Gasteiger charge is -2.31. The van der Waals surface area contributed by atoms with E-state index >= 15 is 0 Å². The van der Waals surface area contributed by atoms with Gasteiger partial charge < -0.3 is 0 Å². The third-order valence-corrected chi connectivity index (χ3v) is 6.34. The topological polar surface area (TPSA) is 55.2 Å². The van der Waals surface area contributed by atoms with Crippen LogP contribution in [0.5, 0.6) is 0 Å². The molecule has 1 aliphatic heterocycles. The van der Waals surface area contributed by atoms with Crippen LogP contribution in [0.4, 0.5) is 11.4 Å². The smallest absolute Gasteiger partial charge is 0.257 e. The number of anilines is 2. The summed E-state index contributed by atoms with van der Waals surface area (Å²) in [6.45, 7) is 4.20. The molecule has 6 heteroatoms. The highest BCUT2D eigenvalue weighted by Crippen LogP contribution is 2.32. The number of hydrogen-bond donors (Lipinski definition) is 0. The van der Waals surface area contributed by atoms with Crippen molar-refractivity contribution < 1.29 is 4.79 Å². The average Bonchev–Trinajstić information content (AvgIpc) is 2.75. The van der Waals surface area contributed by atoms with Crippen molar-refractivity contribution in [3.63, 3.8) is 0 Å². The molecule has 0 spiro atoms. The quantitative estimate of drug-likeness (QED) is 0.611. The molecule has 0 saturated carbocycles. The van der Waals surface area contributed by atoms with Gasteiger partial charge in [-0.3, -0.25) is 19.1 Å². The van der Waals surface area contributed by atoms with Crippen LogP contribution in [-0.4, -0.2) is 21.2 Å². The Balaban J connectivity index is 1.71. The van der Waals surface area contributed by atoms with E-state index in [0.29, 0.717) is 23.9 Å². The summed E-state index contributed by atoms with van der Waals surface area (Å²) in [5, 5.41) is 0.708. The van der Waals surface area contributed by atoms with Crippen molar-refractivity contribution in [1.82, 2.24) is 9.55 Å². The van der Waals surface area contributed by atoms with Crippen LogP contribution in [0.2, 0.25) is 0 Å². The minimum absolute atomic E-state index is 0.00827. The Kier molecular flexibility index (Phi) is 5.53. The summed E-state index contributed by atoms with van der Waals surface area (Å²) in [7, 11) is 0. The van der Waals surface area contributed by atoms with Gasteiger partial charge in [0, 0.05) is 34.9 Å². The second-order valence-corrected chi connectivity index (χ2v) is 8.07. The van der Waals surface area contributed by atoms with Gasteiger partial charge in [-0.15, -0.1) is 0 Å². The number of nitrogens with zero attached hydrogens (tertiary/aromatic N) is 3. The fourth-order valence-electron chi connectivity index (χ4n) is 3.69. The Morgan fingerprint density at radius 2 is 1.69 bits per heavy atom. The molecule has 2 aromatic carbocycles. The Morgan fingerprint density at radius 3 is 2.24 bits per heavy atom. The van der Waals surface area contributed by atoms with Crippen LogP contribution in [0, 0.1) is 12.8 Å². The maximum Gasteiger partial charge on any atom is 0.257 e. The first kappa shape index (κ1) is 19.5. The van der Waals surface area contributed by atoms with E-state index in [-0.39, 0.29) is 17.4 Å². The van der Waals surface area contributed by atoms with Crippen molar-refractivity contribution in [2.45, 2.75) is 32.0 Å². The van der Waals surface area contributed by atoms with Gasteiger partial charge in [0.2, 0.25) is 5.91 Å². The van der Waals surface area contributed by atoms with Crippen molar-refractivity contribution in [2.24, 2.45) is 5.92 Å². The standard InChI is InChI=1S/C23H23N3O2S/c1-3-20-16(2)24-23-25(22(20)28)14-17(15-29-23)21(27)26(18-10-6-4-7-11-18)19-12-8-5-9-13-19/h4-13,17H,3,14-15H2,1-2H3. The minimum atomic E-state index is -0.306. The van der Waals surface area contributed by atoms with E-state index in [2.05, 4.69) is 4.98 Å². The van der Waals surface area contributed by atoms with Crippen LogP contribution in [-0.2, 0) is 17.8 Å². The Morgan fingerprint density at radius 1 is 1.10 bits per heavy atom. The number of aromatic nitrogens is 2. The highest BCUT2D eigenvalue weighted by molar-refractivity contribution is 7.99. The summed E-state index contributed by atoms with van der Waals surface area (Å²) in [6, 6.07) is 19.3. The van der Waals surface area contributed by atoms with Gasteiger partial charge in [0.25, 0.3) is 5.56 Å². The normalized spacial score (nSPS) is 15.6. The molecule has 29 heavy (non-hydrogen) atoms. The zero-order valence-electron chi connectivity index (χ0n) is 16.5. The number of para-hydroxylation sites is 2. The predicted molar refractivity (Wildman–Crippen MR) is 117 cm³/mol. The zero-order valence-corrected chi connectivity index (χ0v) is 17.4. The highest BCUT2D eigenvalue weighted by Gasteiger charge is 2.32. The van der Waals surface area contributed by atoms with Crippen LogP contribution in [0.25, 0.3) is 0 Å². The number of carbonyl (C=O) groups excluding carboxylic acids is 1. The fraction of sp³-hybridized carbons (Fsp3) is 0.261. The number of aryl methyl sites for hydroxylation is 1. The van der Waals surface area contributed by atoms with E-state index in [4.69, 9.17) is 0 Å². The number of benzene rings is 2. The molecule has 0 bridgehead atoms. The van der Waals surface area contributed by atoms with Gasteiger partial charge in [0.1, 0.15) is 0 Å². The first-order valence-corrected chi connectivity index (χ1v) is 10.8. The van der Waals surface area contributed by atoms with Gasteiger partial charge in [-0.2, -0.15) is 0 Å². The van der Waals surface area contributed by atoms with Gasteiger partial charge in [0.15, 0.2) is 5.16 Å². The Bertz CT molecular complexity index is 1040. The maximum atomic E-state index is 13.6. The molecule has 5 nitrogen and oxygen atoms in total. The number of hydrogen-bond acceptors (Lipinski definition) is 4. The fourth-order valence-corrected chi connectivity index (χ4v) is 4.80. The lowest BCUT2D eigenvalue weighted by Crippen LogP contribution is -2.41. The van der Waals surface area contributed by atoms with Crippen LogP contribution in [0.1, 0.15) is 18.2 Å². The molecular formula is C23H23N3O2S. The summed E-state index contributed by atoms with van der Waals surface area (Å²) in [5.74, 6) is 0.290. The van der Waals surface area contributed by atoms with Crippen molar-refractivity contribution in [3.05, 3.63) is 82.3 Å². The maximum absolute atomic E-state index is 13.6. The molecule has 0 aliphatic carbocycles. The highest BCUT2D eigenvalue weighted by atomic mass is 32.2.